The molecule has 0 aliphatic carbocycles. The SMILES string of the molecule is CCCNC(=O)[C@H](C)NC(=O)COc1ccc(OC)cc1[N+](=O)[O-]. The van der Waals surface area contributed by atoms with E-state index in [4.69, 9.17) is 9.47 Å². The lowest BCUT2D eigenvalue weighted by Gasteiger charge is -2.14. The van der Waals surface area contributed by atoms with E-state index in [1.165, 1.54) is 25.3 Å². The van der Waals surface area contributed by atoms with Gasteiger partial charge in [-0.3, -0.25) is 19.7 Å². The molecule has 9 nitrogen and oxygen atoms in total. The molecule has 132 valence electrons. The molecule has 0 radical (unpaired) electrons. The minimum atomic E-state index is -0.724. The smallest absolute Gasteiger partial charge is 0.314 e. The lowest BCUT2D eigenvalue weighted by Crippen LogP contribution is -2.46. The second kappa shape index (κ2) is 9.33. The van der Waals surface area contributed by atoms with E-state index in [0.29, 0.717) is 12.3 Å². The van der Waals surface area contributed by atoms with E-state index in [-0.39, 0.29) is 17.3 Å². The van der Waals surface area contributed by atoms with E-state index < -0.39 is 23.5 Å². The minimum absolute atomic E-state index is 0.0564. The van der Waals surface area contributed by atoms with Crippen LogP contribution in [0.15, 0.2) is 18.2 Å². The van der Waals surface area contributed by atoms with E-state index in [2.05, 4.69) is 10.6 Å². The molecule has 2 N–H and O–H groups in total. The van der Waals surface area contributed by atoms with Gasteiger partial charge in [-0.2, -0.15) is 0 Å². The number of amides is 2. The Hall–Kier alpha value is -2.84. The molecule has 0 unspecified atom stereocenters. The van der Waals surface area contributed by atoms with Crippen molar-refractivity contribution < 1.29 is 24.0 Å². The second-order valence-corrected chi connectivity index (χ2v) is 4.96. The summed E-state index contributed by atoms with van der Waals surface area (Å²) >= 11 is 0. The molecule has 0 heterocycles. The molecule has 0 fully saturated rings. The number of hydrogen-bond donors (Lipinski definition) is 2. The number of nitrogens with one attached hydrogen (secondary N) is 2. The summed E-state index contributed by atoms with van der Waals surface area (Å²) in [6, 6.07) is 3.31. The van der Waals surface area contributed by atoms with E-state index in [9.17, 15) is 19.7 Å². The summed E-state index contributed by atoms with van der Waals surface area (Å²) in [6.07, 6.45) is 0.788. The summed E-state index contributed by atoms with van der Waals surface area (Å²) in [7, 11) is 1.39. The third kappa shape index (κ3) is 5.75. The van der Waals surface area contributed by atoms with Crippen LogP contribution in [0.2, 0.25) is 0 Å². The van der Waals surface area contributed by atoms with Crippen LogP contribution >= 0.6 is 0 Å². The Morgan fingerprint density at radius 3 is 2.67 bits per heavy atom. The fourth-order valence-corrected chi connectivity index (χ4v) is 1.78. The maximum absolute atomic E-state index is 11.8. The molecule has 1 rings (SSSR count). The zero-order valence-electron chi connectivity index (χ0n) is 13.8. The summed E-state index contributed by atoms with van der Waals surface area (Å²) in [5.74, 6) is -0.612. The predicted molar refractivity (Wildman–Crippen MR) is 86.0 cm³/mol. The van der Waals surface area contributed by atoms with Crippen LogP contribution in [0, 0.1) is 10.1 Å². The highest BCUT2D eigenvalue weighted by molar-refractivity contribution is 5.87. The lowest BCUT2D eigenvalue weighted by atomic mass is 10.3. The topological polar surface area (TPSA) is 120 Å². The first-order valence-electron chi connectivity index (χ1n) is 7.41. The van der Waals surface area contributed by atoms with E-state index in [1.807, 2.05) is 6.92 Å². The molecule has 2 amide bonds. The van der Waals surface area contributed by atoms with Gasteiger partial charge in [-0.1, -0.05) is 6.92 Å². The first-order chi connectivity index (χ1) is 11.4. The Labute approximate surface area is 139 Å². The minimum Gasteiger partial charge on any atom is -0.496 e. The molecule has 0 aromatic heterocycles. The Morgan fingerprint density at radius 1 is 1.38 bits per heavy atom. The van der Waals surface area contributed by atoms with Gasteiger partial charge >= 0.3 is 5.69 Å². The van der Waals surface area contributed by atoms with Crippen LogP contribution in [-0.4, -0.2) is 43.0 Å². The normalized spacial score (nSPS) is 11.3. The van der Waals surface area contributed by atoms with Gasteiger partial charge in [-0.05, 0) is 25.5 Å². The van der Waals surface area contributed by atoms with E-state index in [0.717, 1.165) is 6.42 Å². The van der Waals surface area contributed by atoms with Crippen LogP contribution in [0.3, 0.4) is 0 Å². The number of nitrogens with zero attached hydrogens (tertiary/aromatic N) is 1. The van der Waals surface area contributed by atoms with Crippen molar-refractivity contribution in [3.63, 3.8) is 0 Å². The van der Waals surface area contributed by atoms with Gasteiger partial charge in [0, 0.05) is 6.54 Å². The Morgan fingerprint density at radius 2 is 2.08 bits per heavy atom. The first kappa shape index (κ1) is 19.2. The van der Waals surface area contributed by atoms with Gasteiger partial charge in [0.25, 0.3) is 5.91 Å². The van der Waals surface area contributed by atoms with Crippen LogP contribution in [0.5, 0.6) is 11.5 Å². The number of ether oxygens (including phenoxy) is 2. The number of hydrogen-bond acceptors (Lipinski definition) is 6. The van der Waals surface area contributed by atoms with Crippen molar-refractivity contribution in [1.82, 2.24) is 10.6 Å². The molecule has 0 spiro atoms. The molecule has 0 bridgehead atoms. The molecular weight excluding hydrogens is 318 g/mol. The highest BCUT2D eigenvalue weighted by atomic mass is 16.6. The number of benzene rings is 1. The van der Waals surface area contributed by atoms with Crippen LogP contribution in [0.25, 0.3) is 0 Å². The fourth-order valence-electron chi connectivity index (χ4n) is 1.78. The zero-order chi connectivity index (χ0) is 18.1. The maximum Gasteiger partial charge on any atom is 0.314 e. The van der Waals surface area contributed by atoms with Crippen LogP contribution in [0.4, 0.5) is 5.69 Å². The molecular formula is C15H21N3O6. The summed E-state index contributed by atoms with van der Waals surface area (Å²) in [5, 5.41) is 16.1. The van der Waals surface area contributed by atoms with Gasteiger partial charge in [0.1, 0.15) is 11.8 Å². The highest BCUT2D eigenvalue weighted by Crippen LogP contribution is 2.30. The molecule has 0 saturated heterocycles. The number of methoxy groups -OCH3 is 1. The van der Waals surface area contributed by atoms with Crippen molar-refractivity contribution >= 4 is 17.5 Å². The quantitative estimate of drug-likeness (QED) is 0.512. The van der Waals surface area contributed by atoms with Crippen molar-refractivity contribution in [3.8, 4) is 11.5 Å². The average molecular weight is 339 g/mol. The van der Waals surface area contributed by atoms with Crippen LogP contribution in [-0.2, 0) is 9.59 Å². The van der Waals surface area contributed by atoms with Gasteiger partial charge in [-0.25, -0.2) is 0 Å². The van der Waals surface area contributed by atoms with Gasteiger partial charge < -0.3 is 20.1 Å². The van der Waals surface area contributed by atoms with Crippen molar-refractivity contribution in [1.29, 1.82) is 0 Å². The van der Waals surface area contributed by atoms with E-state index >= 15 is 0 Å². The fraction of sp³-hybridized carbons (Fsp3) is 0.467. The predicted octanol–water partition coefficient (Wildman–Crippen LogP) is 1.01. The Balaban J connectivity index is 2.61. The maximum atomic E-state index is 11.8. The summed E-state index contributed by atoms with van der Waals surface area (Å²) < 4.78 is 10.1. The molecule has 0 aliphatic rings. The summed E-state index contributed by atoms with van der Waals surface area (Å²) in [6.45, 7) is 3.53. The molecule has 1 atom stereocenters. The molecule has 0 aliphatic heterocycles. The Kier molecular flexibility index (Phi) is 7.47. The summed E-state index contributed by atoms with van der Waals surface area (Å²) in [5.41, 5.74) is -0.309. The van der Waals surface area contributed by atoms with Gasteiger partial charge in [0.2, 0.25) is 5.91 Å². The van der Waals surface area contributed by atoms with Gasteiger partial charge in [0.05, 0.1) is 18.1 Å². The Bertz CT molecular complexity index is 605. The molecule has 0 saturated carbocycles. The number of rotatable bonds is 9. The second-order valence-electron chi connectivity index (χ2n) is 4.96. The largest absolute Gasteiger partial charge is 0.496 e. The number of carbonyl (C=O) groups excluding carboxylic acids is 2. The van der Waals surface area contributed by atoms with Gasteiger partial charge in [-0.15, -0.1) is 0 Å². The molecule has 1 aromatic carbocycles. The third-order valence-electron chi connectivity index (χ3n) is 3.04. The molecule has 9 heteroatoms. The first-order valence-corrected chi connectivity index (χ1v) is 7.41. The van der Waals surface area contributed by atoms with Gasteiger partial charge in [0.15, 0.2) is 12.4 Å². The standard InChI is InChI=1S/C15H21N3O6/c1-4-7-16-15(20)10(2)17-14(19)9-24-13-6-5-11(23-3)8-12(13)18(21)22/h5-6,8,10H,4,7,9H2,1-3H3,(H,16,20)(H,17,19)/t10-/m0/s1. The molecule has 24 heavy (non-hydrogen) atoms. The van der Waals surface area contributed by atoms with Crippen molar-refractivity contribution in [2.75, 3.05) is 20.3 Å². The number of nitro groups is 1. The van der Waals surface area contributed by atoms with Crippen molar-refractivity contribution in [2.24, 2.45) is 0 Å². The van der Waals surface area contributed by atoms with Crippen LogP contribution in [0.1, 0.15) is 20.3 Å². The van der Waals surface area contributed by atoms with Crippen molar-refractivity contribution in [2.45, 2.75) is 26.3 Å². The number of nitro benzene ring substituents is 1. The van der Waals surface area contributed by atoms with Crippen LogP contribution < -0.4 is 20.1 Å². The summed E-state index contributed by atoms with van der Waals surface area (Å²) in [4.78, 5) is 33.8. The lowest BCUT2D eigenvalue weighted by molar-refractivity contribution is -0.385. The number of carbonyl (C=O) groups is 2. The van der Waals surface area contributed by atoms with E-state index in [1.54, 1.807) is 6.92 Å². The monoisotopic (exact) mass is 339 g/mol. The zero-order valence-corrected chi connectivity index (χ0v) is 13.8. The third-order valence-corrected chi connectivity index (χ3v) is 3.04. The van der Waals surface area contributed by atoms with Crippen molar-refractivity contribution in [3.05, 3.63) is 28.3 Å². The average Bonchev–Trinajstić information content (AvgIpc) is 2.57. The molecule has 1 aromatic rings. The highest BCUT2D eigenvalue weighted by Gasteiger charge is 2.19.